The van der Waals surface area contributed by atoms with E-state index < -0.39 is 0 Å². The average Bonchev–Trinajstić information content (AvgIpc) is 3.12. The van der Waals surface area contributed by atoms with Gasteiger partial charge in [0.1, 0.15) is 0 Å². The molecule has 0 saturated carbocycles. The number of rotatable bonds is 6. The summed E-state index contributed by atoms with van der Waals surface area (Å²) in [5, 5.41) is 10.8. The summed E-state index contributed by atoms with van der Waals surface area (Å²) in [5.74, 6) is 0.134. The highest BCUT2D eigenvalue weighted by atomic mass is 32.2. The van der Waals surface area contributed by atoms with Crippen molar-refractivity contribution in [2.45, 2.75) is 18.1 Å². The van der Waals surface area contributed by atoms with Crippen molar-refractivity contribution in [1.29, 1.82) is 5.26 Å². The first-order valence-corrected chi connectivity index (χ1v) is 10.2. The molecule has 29 heavy (non-hydrogen) atoms. The summed E-state index contributed by atoms with van der Waals surface area (Å²) in [7, 11) is 1.67. The SMILES string of the molecule is Cn1c(SCC(=O)c2cn(CCC#N)c3ccccc23)nc2ccccc2c1=O. The molecule has 0 N–H and O–H groups in total. The van der Waals surface area contributed by atoms with E-state index in [1.807, 2.05) is 47.2 Å². The molecule has 0 saturated heterocycles. The minimum absolute atomic E-state index is 0.0377. The Labute approximate surface area is 171 Å². The first-order chi connectivity index (χ1) is 14.1. The maximum absolute atomic E-state index is 13.0. The molecule has 0 fully saturated rings. The molecule has 2 aromatic heterocycles. The van der Waals surface area contributed by atoms with Crippen LogP contribution in [0, 0.1) is 11.3 Å². The lowest BCUT2D eigenvalue weighted by atomic mass is 10.1. The molecule has 0 aliphatic heterocycles. The molecule has 6 nitrogen and oxygen atoms in total. The predicted molar refractivity (Wildman–Crippen MR) is 114 cm³/mol. The van der Waals surface area contributed by atoms with Gasteiger partial charge in [0, 0.05) is 36.3 Å². The molecular formula is C22H18N4O2S. The third kappa shape index (κ3) is 3.55. The lowest BCUT2D eigenvalue weighted by Crippen LogP contribution is -2.20. The summed E-state index contributed by atoms with van der Waals surface area (Å²) in [4.78, 5) is 30.0. The number of aryl methyl sites for hydroxylation is 1. The normalized spacial score (nSPS) is 11.0. The van der Waals surface area contributed by atoms with Gasteiger partial charge in [-0.15, -0.1) is 0 Å². The Morgan fingerprint density at radius 2 is 1.86 bits per heavy atom. The van der Waals surface area contributed by atoms with Crippen molar-refractivity contribution in [2.24, 2.45) is 7.05 Å². The van der Waals surface area contributed by atoms with Crippen LogP contribution in [0.3, 0.4) is 0 Å². The van der Waals surface area contributed by atoms with Crippen LogP contribution in [-0.4, -0.2) is 25.7 Å². The van der Waals surface area contributed by atoms with Crippen LogP contribution in [0.2, 0.25) is 0 Å². The van der Waals surface area contributed by atoms with Crippen LogP contribution in [0.5, 0.6) is 0 Å². The van der Waals surface area contributed by atoms with E-state index in [0.717, 1.165) is 10.9 Å². The lowest BCUT2D eigenvalue weighted by molar-refractivity contribution is 0.102. The van der Waals surface area contributed by atoms with Gasteiger partial charge in [-0.1, -0.05) is 42.1 Å². The second kappa shape index (κ2) is 7.94. The van der Waals surface area contributed by atoms with Crippen LogP contribution < -0.4 is 5.56 Å². The Morgan fingerprint density at radius 1 is 1.14 bits per heavy atom. The molecule has 2 aromatic carbocycles. The number of Topliss-reactive ketones (excluding diaryl/α,β-unsaturated/α-hetero) is 1. The molecule has 0 aliphatic rings. The summed E-state index contributed by atoms with van der Waals surface area (Å²) >= 11 is 1.26. The van der Waals surface area contributed by atoms with Crippen molar-refractivity contribution >= 4 is 39.4 Å². The lowest BCUT2D eigenvalue weighted by Gasteiger charge is -2.08. The van der Waals surface area contributed by atoms with Gasteiger partial charge in [-0.3, -0.25) is 14.2 Å². The smallest absolute Gasteiger partial charge is 0.261 e. The number of aromatic nitrogens is 3. The number of carbonyl (C=O) groups excluding carboxylic acids is 1. The van der Waals surface area contributed by atoms with Crippen molar-refractivity contribution in [1.82, 2.24) is 14.1 Å². The van der Waals surface area contributed by atoms with Crippen LogP contribution in [-0.2, 0) is 13.6 Å². The van der Waals surface area contributed by atoms with E-state index in [0.29, 0.717) is 34.6 Å². The minimum Gasteiger partial charge on any atom is -0.346 e. The number of para-hydroxylation sites is 2. The van der Waals surface area contributed by atoms with Gasteiger partial charge < -0.3 is 4.57 Å². The van der Waals surface area contributed by atoms with Gasteiger partial charge in [0.25, 0.3) is 5.56 Å². The number of carbonyl (C=O) groups is 1. The number of hydrogen-bond donors (Lipinski definition) is 0. The predicted octanol–water partition coefficient (Wildman–Crippen LogP) is 3.78. The molecule has 144 valence electrons. The highest BCUT2D eigenvalue weighted by Crippen LogP contribution is 2.25. The summed E-state index contributed by atoms with van der Waals surface area (Å²) in [6.07, 6.45) is 2.20. The van der Waals surface area contributed by atoms with E-state index in [1.165, 1.54) is 16.3 Å². The summed E-state index contributed by atoms with van der Waals surface area (Å²) in [5.41, 5.74) is 2.06. The molecule has 0 aliphatic carbocycles. The monoisotopic (exact) mass is 402 g/mol. The van der Waals surface area contributed by atoms with Gasteiger partial charge in [0.15, 0.2) is 10.9 Å². The van der Waals surface area contributed by atoms with Gasteiger partial charge in [0.05, 0.1) is 29.1 Å². The van der Waals surface area contributed by atoms with Gasteiger partial charge in [-0.05, 0) is 18.2 Å². The number of fused-ring (bicyclic) bond motifs is 2. The molecule has 7 heteroatoms. The number of ketones is 1. The molecule has 0 amide bonds. The number of hydrogen-bond acceptors (Lipinski definition) is 5. The van der Waals surface area contributed by atoms with Crippen LogP contribution in [0.15, 0.2) is 64.7 Å². The minimum atomic E-state index is -0.126. The molecule has 2 heterocycles. The van der Waals surface area contributed by atoms with E-state index in [2.05, 4.69) is 11.1 Å². The third-order valence-electron chi connectivity index (χ3n) is 4.83. The zero-order chi connectivity index (χ0) is 20.4. The van der Waals surface area contributed by atoms with Gasteiger partial charge in [-0.2, -0.15) is 5.26 Å². The Morgan fingerprint density at radius 3 is 2.66 bits per heavy atom. The Hall–Kier alpha value is -3.37. The summed E-state index contributed by atoms with van der Waals surface area (Å²) in [6.45, 7) is 0.540. The number of nitrogens with zero attached hydrogens (tertiary/aromatic N) is 4. The summed E-state index contributed by atoms with van der Waals surface area (Å²) in [6, 6.07) is 17.0. The van der Waals surface area contributed by atoms with Crippen molar-refractivity contribution < 1.29 is 4.79 Å². The first kappa shape index (κ1) is 19.0. The Balaban J connectivity index is 1.63. The molecule has 4 aromatic rings. The van der Waals surface area contributed by atoms with Crippen LogP contribution in [0.25, 0.3) is 21.8 Å². The highest BCUT2D eigenvalue weighted by Gasteiger charge is 2.17. The van der Waals surface area contributed by atoms with E-state index in [1.54, 1.807) is 19.2 Å². The molecule has 4 rings (SSSR count). The highest BCUT2D eigenvalue weighted by molar-refractivity contribution is 7.99. The van der Waals surface area contributed by atoms with Crippen molar-refractivity contribution in [3.8, 4) is 6.07 Å². The van der Waals surface area contributed by atoms with Gasteiger partial charge in [-0.25, -0.2) is 4.98 Å². The van der Waals surface area contributed by atoms with Gasteiger partial charge >= 0.3 is 0 Å². The summed E-state index contributed by atoms with van der Waals surface area (Å²) < 4.78 is 3.43. The maximum Gasteiger partial charge on any atom is 0.261 e. The number of benzene rings is 2. The molecule has 0 spiro atoms. The van der Waals surface area contributed by atoms with Crippen molar-refractivity contribution in [3.63, 3.8) is 0 Å². The quantitative estimate of drug-likeness (QED) is 0.279. The van der Waals surface area contributed by atoms with Crippen molar-refractivity contribution in [2.75, 3.05) is 5.75 Å². The van der Waals surface area contributed by atoms with Crippen molar-refractivity contribution in [3.05, 3.63) is 70.6 Å². The molecular weight excluding hydrogens is 384 g/mol. The fourth-order valence-corrected chi connectivity index (χ4v) is 4.21. The topological polar surface area (TPSA) is 80.7 Å². The van der Waals surface area contributed by atoms with E-state index in [9.17, 15) is 9.59 Å². The average molecular weight is 402 g/mol. The Kier molecular flexibility index (Phi) is 5.19. The maximum atomic E-state index is 13.0. The van der Waals surface area contributed by atoms with E-state index in [-0.39, 0.29) is 17.1 Å². The van der Waals surface area contributed by atoms with Crippen LogP contribution >= 0.6 is 11.8 Å². The molecule has 0 atom stereocenters. The fourth-order valence-electron chi connectivity index (χ4n) is 3.36. The molecule has 0 bridgehead atoms. The van der Waals surface area contributed by atoms with Crippen LogP contribution in [0.1, 0.15) is 16.8 Å². The second-order valence-corrected chi connectivity index (χ2v) is 7.59. The second-order valence-electron chi connectivity index (χ2n) is 6.65. The standard InChI is InChI=1S/C22H18N4O2S/c1-25-21(28)16-8-2-4-9-18(16)24-22(25)29-14-20(27)17-13-26(12-6-11-23)19-10-5-3-7-15(17)19/h2-5,7-10,13H,6,12,14H2,1H3. The molecule has 0 radical (unpaired) electrons. The Bertz CT molecular complexity index is 1330. The fraction of sp³-hybridized carbons (Fsp3) is 0.182. The van der Waals surface area contributed by atoms with E-state index in [4.69, 9.17) is 5.26 Å². The number of nitriles is 1. The molecule has 0 unspecified atom stereocenters. The largest absolute Gasteiger partial charge is 0.346 e. The zero-order valence-electron chi connectivity index (χ0n) is 15.8. The van der Waals surface area contributed by atoms with Crippen LogP contribution in [0.4, 0.5) is 0 Å². The zero-order valence-corrected chi connectivity index (χ0v) is 16.6. The van der Waals surface area contributed by atoms with E-state index >= 15 is 0 Å². The first-order valence-electron chi connectivity index (χ1n) is 9.16. The number of thioether (sulfide) groups is 1. The third-order valence-corrected chi connectivity index (χ3v) is 5.86. The van der Waals surface area contributed by atoms with Gasteiger partial charge in [0.2, 0.25) is 0 Å².